The van der Waals surface area contributed by atoms with Crippen LogP contribution < -0.4 is 4.90 Å². The number of para-hydroxylation sites is 1. The van der Waals surface area contributed by atoms with Gasteiger partial charge in [-0.1, -0.05) is 12.1 Å². The van der Waals surface area contributed by atoms with Crippen molar-refractivity contribution in [2.45, 2.75) is 12.8 Å². The first-order valence-electron chi connectivity index (χ1n) is 9.52. The molecule has 0 aromatic heterocycles. The van der Waals surface area contributed by atoms with Gasteiger partial charge in [-0.2, -0.15) is 0 Å². The number of carbonyl (C=O) groups excluding carboxylic acids is 3. The number of fused-ring (bicyclic) bond motifs is 1. The quantitative estimate of drug-likeness (QED) is 0.591. The molecule has 6 heteroatoms. The average molecular weight is 380 g/mol. The fraction of sp³-hybridized carbons (Fsp3) is 0.318. The van der Waals surface area contributed by atoms with Crippen LogP contribution in [0.15, 0.2) is 48.5 Å². The summed E-state index contributed by atoms with van der Waals surface area (Å²) < 4.78 is 13.0. The number of Topliss-reactive ketones (excluding diaryl/α,β-unsaturated/α-hetero) is 2. The lowest BCUT2D eigenvalue weighted by Crippen LogP contribution is -2.42. The molecule has 144 valence electrons. The maximum atomic E-state index is 13.0. The number of hydrogen-bond donors (Lipinski definition) is 0. The van der Waals surface area contributed by atoms with Gasteiger partial charge in [-0.15, -0.1) is 0 Å². The van der Waals surface area contributed by atoms with E-state index in [4.69, 9.17) is 0 Å². The molecule has 2 aromatic rings. The Labute approximate surface area is 162 Å². The number of benzene rings is 2. The van der Waals surface area contributed by atoms with Crippen LogP contribution in [0.2, 0.25) is 0 Å². The fourth-order valence-electron chi connectivity index (χ4n) is 3.98. The van der Waals surface area contributed by atoms with E-state index in [1.165, 1.54) is 24.3 Å². The number of rotatable bonds is 5. The van der Waals surface area contributed by atoms with E-state index in [2.05, 4.69) is 4.90 Å². The highest BCUT2D eigenvalue weighted by atomic mass is 19.1. The first-order valence-corrected chi connectivity index (χ1v) is 9.52. The van der Waals surface area contributed by atoms with Crippen LogP contribution >= 0.6 is 0 Å². The highest BCUT2D eigenvalue weighted by Crippen LogP contribution is 2.28. The van der Waals surface area contributed by atoms with E-state index < -0.39 is 11.7 Å². The molecule has 2 aromatic carbocycles. The van der Waals surface area contributed by atoms with E-state index in [9.17, 15) is 18.8 Å². The van der Waals surface area contributed by atoms with Crippen LogP contribution in [0.4, 0.5) is 10.1 Å². The SMILES string of the molecule is O=C1C(=O)N(CCN2CCC(C(=O)c3ccc(F)cc3)CC2)c2ccccc21. The Morgan fingerprint density at radius 1 is 0.964 bits per heavy atom. The Balaban J connectivity index is 1.32. The van der Waals surface area contributed by atoms with Crippen LogP contribution in [0.3, 0.4) is 0 Å². The zero-order chi connectivity index (χ0) is 19.7. The van der Waals surface area contributed by atoms with Crippen LogP contribution in [0.25, 0.3) is 0 Å². The third-order valence-electron chi connectivity index (χ3n) is 5.61. The summed E-state index contributed by atoms with van der Waals surface area (Å²) in [5, 5.41) is 0. The molecule has 2 aliphatic heterocycles. The third kappa shape index (κ3) is 3.47. The predicted octanol–water partition coefficient (Wildman–Crippen LogP) is 2.95. The second-order valence-electron chi connectivity index (χ2n) is 7.29. The first kappa shape index (κ1) is 18.5. The molecule has 0 atom stereocenters. The van der Waals surface area contributed by atoms with Gasteiger partial charge in [0, 0.05) is 24.6 Å². The summed E-state index contributed by atoms with van der Waals surface area (Å²) in [7, 11) is 0. The van der Waals surface area contributed by atoms with Gasteiger partial charge in [0.05, 0.1) is 11.3 Å². The van der Waals surface area contributed by atoms with E-state index in [0.29, 0.717) is 29.9 Å². The molecule has 0 N–H and O–H groups in total. The lowest BCUT2D eigenvalue weighted by molar-refractivity contribution is -0.114. The van der Waals surface area contributed by atoms with Gasteiger partial charge in [-0.05, 0) is 62.3 Å². The fourth-order valence-corrected chi connectivity index (χ4v) is 3.98. The van der Waals surface area contributed by atoms with Crippen molar-refractivity contribution in [3.05, 3.63) is 65.5 Å². The number of anilines is 1. The molecule has 0 radical (unpaired) electrons. The molecule has 2 heterocycles. The van der Waals surface area contributed by atoms with Crippen LogP contribution in [-0.2, 0) is 4.79 Å². The van der Waals surface area contributed by atoms with Crippen LogP contribution in [0, 0.1) is 11.7 Å². The number of ketones is 2. The molecule has 0 spiro atoms. The van der Waals surface area contributed by atoms with E-state index in [-0.39, 0.29) is 17.5 Å². The smallest absolute Gasteiger partial charge is 0.299 e. The summed E-state index contributed by atoms with van der Waals surface area (Å²) in [4.78, 5) is 40.6. The predicted molar refractivity (Wildman–Crippen MR) is 103 cm³/mol. The second-order valence-corrected chi connectivity index (χ2v) is 7.29. The van der Waals surface area contributed by atoms with E-state index in [1.54, 1.807) is 23.1 Å². The Morgan fingerprint density at radius 2 is 1.64 bits per heavy atom. The largest absolute Gasteiger partial charge is 0.303 e. The minimum absolute atomic E-state index is 0.0579. The van der Waals surface area contributed by atoms with Gasteiger partial charge < -0.3 is 9.80 Å². The molecular formula is C22H21FN2O3. The van der Waals surface area contributed by atoms with Gasteiger partial charge in [-0.3, -0.25) is 14.4 Å². The maximum Gasteiger partial charge on any atom is 0.299 e. The molecule has 0 saturated carbocycles. The number of likely N-dealkylation sites (tertiary alicyclic amines) is 1. The molecule has 1 saturated heterocycles. The zero-order valence-corrected chi connectivity index (χ0v) is 15.4. The summed E-state index contributed by atoms with van der Waals surface area (Å²) in [6.45, 7) is 2.63. The topological polar surface area (TPSA) is 57.7 Å². The van der Waals surface area contributed by atoms with Gasteiger partial charge in [0.25, 0.3) is 11.7 Å². The number of piperidine rings is 1. The average Bonchev–Trinajstić information content (AvgIpc) is 2.97. The Kier molecular flexibility index (Phi) is 5.05. The third-order valence-corrected chi connectivity index (χ3v) is 5.61. The van der Waals surface area contributed by atoms with E-state index in [1.807, 2.05) is 6.07 Å². The molecular weight excluding hydrogens is 359 g/mol. The zero-order valence-electron chi connectivity index (χ0n) is 15.4. The highest BCUT2D eigenvalue weighted by Gasteiger charge is 2.35. The van der Waals surface area contributed by atoms with Crippen molar-refractivity contribution in [2.75, 3.05) is 31.1 Å². The highest BCUT2D eigenvalue weighted by molar-refractivity contribution is 6.52. The summed E-state index contributed by atoms with van der Waals surface area (Å²) in [5.41, 5.74) is 1.70. The number of nitrogens with zero attached hydrogens (tertiary/aromatic N) is 2. The Hall–Kier alpha value is -2.86. The molecule has 28 heavy (non-hydrogen) atoms. The standard InChI is InChI=1S/C22H21FN2O3/c23-17-7-5-15(6-8-17)20(26)16-9-11-24(12-10-16)13-14-25-19-4-2-1-3-18(19)21(27)22(25)28/h1-8,16H,9-14H2. The van der Waals surface area contributed by atoms with Crippen LogP contribution in [-0.4, -0.2) is 48.6 Å². The van der Waals surface area contributed by atoms with Gasteiger partial charge in [0.15, 0.2) is 5.78 Å². The van der Waals surface area contributed by atoms with Crippen molar-refractivity contribution in [1.82, 2.24) is 4.90 Å². The molecule has 0 aliphatic carbocycles. The number of hydrogen-bond acceptors (Lipinski definition) is 4. The summed E-state index contributed by atoms with van der Waals surface area (Å²) in [6.07, 6.45) is 1.47. The molecule has 0 bridgehead atoms. The maximum absolute atomic E-state index is 13.0. The van der Waals surface area contributed by atoms with Crippen LogP contribution in [0.5, 0.6) is 0 Å². The monoisotopic (exact) mass is 380 g/mol. The first-order chi connectivity index (χ1) is 13.5. The van der Waals surface area contributed by atoms with Gasteiger partial charge in [0.2, 0.25) is 0 Å². The summed E-state index contributed by atoms with van der Waals surface area (Å²) >= 11 is 0. The van der Waals surface area contributed by atoms with E-state index in [0.717, 1.165) is 25.9 Å². The van der Waals surface area contributed by atoms with Gasteiger partial charge >= 0.3 is 0 Å². The number of carbonyl (C=O) groups is 3. The van der Waals surface area contributed by atoms with Crippen molar-refractivity contribution < 1.29 is 18.8 Å². The number of amides is 1. The van der Waals surface area contributed by atoms with Crippen LogP contribution in [0.1, 0.15) is 33.6 Å². The second kappa shape index (κ2) is 7.64. The summed E-state index contributed by atoms with van der Waals surface area (Å²) in [5.74, 6) is -1.25. The van der Waals surface area contributed by atoms with Crippen molar-refractivity contribution >= 4 is 23.2 Å². The molecule has 1 amide bonds. The van der Waals surface area contributed by atoms with Crippen molar-refractivity contribution in [1.29, 1.82) is 0 Å². The lowest BCUT2D eigenvalue weighted by Gasteiger charge is -2.32. The molecule has 5 nitrogen and oxygen atoms in total. The minimum atomic E-state index is -0.470. The molecule has 2 aliphatic rings. The number of halogens is 1. The van der Waals surface area contributed by atoms with Gasteiger partial charge in [-0.25, -0.2) is 4.39 Å². The lowest BCUT2D eigenvalue weighted by atomic mass is 9.89. The van der Waals surface area contributed by atoms with Crippen molar-refractivity contribution in [2.24, 2.45) is 5.92 Å². The van der Waals surface area contributed by atoms with Crippen molar-refractivity contribution in [3.63, 3.8) is 0 Å². The van der Waals surface area contributed by atoms with Gasteiger partial charge in [0.1, 0.15) is 5.82 Å². The van der Waals surface area contributed by atoms with Crippen molar-refractivity contribution in [3.8, 4) is 0 Å². The Morgan fingerprint density at radius 3 is 2.36 bits per heavy atom. The normalized spacial score (nSPS) is 17.8. The van der Waals surface area contributed by atoms with E-state index >= 15 is 0 Å². The minimum Gasteiger partial charge on any atom is -0.303 e. The Bertz CT molecular complexity index is 918. The molecule has 1 fully saturated rings. The summed E-state index contributed by atoms with van der Waals surface area (Å²) in [6, 6.07) is 12.8. The molecule has 4 rings (SSSR count). The molecule has 0 unspecified atom stereocenters.